The number of unbranched alkanes of at least 4 members (excludes halogenated alkanes) is 1. The third-order valence-corrected chi connectivity index (χ3v) is 4.27. The highest BCUT2D eigenvalue weighted by Crippen LogP contribution is 2.16. The molecule has 0 saturated carbocycles. The Morgan fingerprint density at radius 2 is 2.04 bits per heavy atom. The Morgan fingerprint density at radius 1 is 1.25 bits per heavy atom. The maximum absolute atomic E-state index is 4.32. The third kappa shape index (κ3) is 5.11. The summed E-state index contributed by atoms with van der Waals surface area (Å²) in [7, 11) is 1.81. The average Bonchev–Trinajstić information content (AvgIpc) is 2.98. The van der Waals surface area contributed by atoms with Crippen LogP contribution in [0.15, 0.2) is 41.7 Å². The Bertz CT molecular complexity index is 659. The van der Waals surface area contributed by atoms with Crippen molar-refractivity contribution in [3.8, 4) is 0 Å². The first-order valence-electron chi connectivity index (χ1n) is 8.62. The van der Waals surface area contributed by atoms with Gasteiger partial charge in [-0.15, -0.1) is 0 Å². The molecule has 0 aliphatic carbocycles. The molecule has 24 heavy (non-hydrogen) atoms. The molecule has 0 aliphatic heterocycles. The molecule has 5 heteroatoms. The lowest BCUT2D eigenvalue weighted by molar-refractivity contribution is 0.585. The second-order valence-electron chi connectivity index (χ2n) is 6.10. The number of aromatic nitrogens is 2. The van der Waals surface area contributed by atoms with Crippen LogP contribution in [0.25, 0.3) is 0 Å². The van der Waals surface area contributed by atoms with Crippen molar-refractivity contribution in [2.24, 2.45) is 4.99 Å². The van der Waals surface area contributed by atoms with Gasteiger partial charge in [-0.25, -0.2) is 4.98 Å². The van der Waals surface area contributed by atoms with E-state index in [9.17, 15) is 0 Å². The number of imidazole rings is 1. The van der Waals surface area contributed by atoms with E-state index in [0.717, 1.165) is 37.7 Å². The van der Waals surface area contributed by atoms with Gasteiger partial charge in [-0.3, -0.25) is 4.99 Å². The predicted molar refractivity (Wildman–Crippen MR) is 100 cm³/mol. The number of nitrogens with zero attached hydrogens (tertiary/aromatic N) is 3. The maximum atomic E-state index is 4.32. The fourth-order valence-corrected chi connectivity index (χ4v) is 2.80. The molecule has 0 amide bonds. The molecule has 5 nitrogen and oxygen atoms in total. The zero-order valence-corrected chi connectivity index (χ0v) is 15.2. The zero-order valence-electron chi connectivity index (χ0n) is 15.2. The highest BCUT2D eigenvalue weighted by atomic mass is 15.2. The molecule has 2 N–H and O–H groups in total. The van der Waals surface area contributed by atoms with Gasteiger partial charge in [0.25, 0.3) is 0 Å². The van der Waals surface area contributed by atoms with E-state index in [0.29, 0.717) is 0 Å². The van der Waals surface area contributed by atoms with Gasteiger partial charge in [-0.05, 0) is 44.7 Å². The standard InChI is InChI=1S/C19H29N5/c1-15-9-5-6-10-18(15)16(2)23-19(20-4)22-11-7-8-13-24-14-12-21-17(24)3/h5-6,9-10,12,14,16H,7-8,11,13H2,1-4H3,(H2,20,22,23). The smallest absolute Gasteiger partial charge is 0.191 e. The monoisotopic (exact) mass is 327 g/mol. The minimum Gasteiger partial charge on any atom is -0.356 e. The van der Waals surface area contributed by atoms with Crippen LogP contribution in [0.5, 0.6) is 0 Å². The Labute approximate surface area is 145 Å². The van der Waals surface area contributed by atoms with Crippen molar-refractivity contribution < 1.29 is 0 Å². The number of benzene rings is 1. The number of nitrogens with one attached hydrogen (secondary N) is 2. The first-order valence-corrected chi connectivity index (χ1v) is 8.62. The van der Waals surface area contributed by atoms with Gasteiger partial charge in [0.2, 0.25) is 0 Å². The van der Waals surface area contributed by atoms with E-state index in [1.54, 1.807) is 0 Å². The Balaban J connectivity index is 1.72. The maximum Gasteiger partial charge on any atom is 0.191 e. The summed E-state index contributed by atoms with van der Waals surface area (Å²) in [6.07, 6.45) is 6.10. The molecule has 0 bridgehead atoms. The Morgan fingerprint density at radius 3 is 2.71 bits per heavy atom. The van der Waals surface area contributed by atoms with Gasteiger partial charge in [0.1, 0.15) is 5.82 Å². The Kier molecular flexibility index (Phi) is 6.85. The number of aliphatic imine (C=N–C) groups is 1. The number of aryl methyl sites for hydroxylation is 3. The van der Waals surface area contributed by atoms with Gasteiger partial charge < -0.3 is 15.2 Å². The van der Waals surface area contributed by atoms with Crippen LogP contribution >= 0.6 is 0 Å². The van der Waals surface area contributed by atoms with Crippen molar-refractivity contribution in [3.63, 3.8) is 0 Å². The molecule has 0 saturated heterocycles. The molecule has 130 valence electrons. The summed E-state index contributed by atoms with van der Waals surface area (Å²) in [6.45, 7) is 8.27. The summed E-state index contributed by atoms with van der Waals surface area (Å²) in [4.78, 5) is 8.57. The molecule has 1 aromatic heterocycles. The third-order valence-electron chi connectivity index (χ3n) is 4.27. The van der Waals surface area contributed by atoms with E-state index in [4.69, 9.17) is 0 Å². The first-order chi connectivity index (χ1) is 11.6. The second kappa shape index (κ2) is 9.11. The van der Waals surface area contributed by atoms with Gasteiger partial charge in [0, 0.05) is 32.5 Å². The van der Waals surface area contributed by atoms with E-state index in [2.05, 4.69) is 63.3 Å². The van der Waals surface area contributed by atoms with E-state index in [-0.39, 0.29) is 6.04 Å². The second-order valence-corrected chi connectivity index (χ2v) is 6.10. The van der Waals surface area contributed by atoms with Crippen molar-refractivity contribution >= 4 is 5.96 Å². The van der Waals surface area contributed by atoms with E-state index in [1.165, 1.54) is 11.1 Å². The van der Waals surface area contributed by atoms with Crippen molar-refractivity contribution in [1.82, 2.24) is 20.2 Å². The highest BCUT2D eigenvalue weighted by Gasteiger charge is 2.09. The summed E-state index contributed by atoms with van der Waals surface area (Å²) in [5.41, 5.74) is 2.60. The normalized spacial score (nSPS) is 12.9. The van der Waals surface area contributed by atoms with Crippen molar-refractivity contribution in [2.75, 3.05) is 13.6 Å². The number of hydrogen-bond donors (Lipinski definition) is 2. The SMILES string of the molecule is CN=C(NCCCCn1ccnc1C)NC(C)c1ccccc1C. The van der Waals surface area contributed by atoms with Gasteiger partial charge >= 0.3 is 0 Å². The minimum absolute atomic E-state index is 0.228. The lowest BCUT2D eigenvalue weighted by Gasteiger charge is -2.19. The fourth-order valence-electron chi connectivity index (χ4n) is 2.80. The summed E-state index contributed by atoms with van der Waals surface area (Å²) in [5, 5.41) is 6.86. The van der Waals surface area contributed by atoms with Crippen LogP contribution in [0.4, 0.5) is 0 Å². The molecule has 2 aromatic rings. The topological polar surface area (TPSA) is 54.2 Å². The summed E-state index contributed by atoms with van der Waals surface area (Å²) in [6, 6.07) is 8.68. The lowest BCUT2D eigenvalue weighted by atomic mass is 10.0. The van der Waals surface area contributed by atoms with Crippen molar-refractivity contribution in [1.29, 1.82) is 0 Å². The lowest BCUT2D eigenvalue weighted by Crippen LogP contribution is -2.39. The predicted octanol–water partition coefficient (Wildman–Crippen LogP) is 3.21. The van der Waals surface area contributed by atoms with Crippen molar-refractivity contribution in [3.05, 3.63) is 53.6 Å². The van der Waals surface area contributed by atoms with Crippen LogP contribution in [0.2, 0.25) is 0 Å². The van der Waals surface area contributed by atoms with Gasteiger partial charge in [-0.1, -0.05) is 24.3 Å². The summed E-state index contributed by atoms with van der Waals surface area (Å²) in [5.74, 6) is 1.93. The number of guanidine groups is 1. The molecule has 1 atom stereocenters. The number of hydrogen-bond acceptors (Lipinski definition) is 2. The fraction of sp³-hybridized carbons (Fsp3) is 0.474. The van der Waals surface area contributed by atoms with Crippen LogP contribution in [0.1, 0.15) is 42.8 Å². The molecular weight excluding hydrogens is 298 g/mol. The van der Waals surface area contributed by atoms with Gasteiger partial charge in [-0.2, -0.15) is 0 Å². The van der Waals surface area contributed by atoms with Crippen LogP contribution < -0.4 is 10.6 Å². The van der Waals surface area contributed by atoms with Crippen molar-refractivity contribution in [2.45, 2.75) is 46.2 Å². The quantitative estimate of drug-likeness (QED) is 0.466. The highest BCUT2D eigenvalue weighted by molar-refractivity contribution is 5.80. The van der Waals surface area contributed by atoms with E-state index in [1.807, 2.05) is 26.4 Å². The zero-order chi connectivity index (χ0) is 17.4. The first kappa shape index (κ1) is 18.0. The van der Waals surface area contributed by atoms with Crippen LogP contribution in [-0.4, -0.2) is 29.1 Å². The molecule has 1 aromatic carbocycles. The summed E-state index contributed by atoms with van der Waals surface area (Å²) < 4.78 is 2.19. The van der Waals surface area contributed by atoms with Gasteiger partial charge in [0.15, 0.2) is 5.96 Å². The molecule has 0 radical (unpaired) electrons. The van der Waals surface area contributed by atoms with Gasteiger partial charge in [0.05, 0.1) is 6.04 Å². The van der Waals surface area contributed by atoms with Crippen LogP contribution in [0.3, 0.4) is 0 Å². The molecule has 0 aliphatic rings. The summed E-state index contributed by atoms with van der Waals surface area (Å²) >= 11 is 0. The molecule has 0 fully saturated rings. The van der Waals surface area contributed by atoms with Crippen LogP contribution in [-0.2, 0) is 6.54 Å². The van der Waals surface area contributed by atoms with Crippen LogP contribution in [0, 0.1) is 13.8 Å². The Hall–Kier alpha value is -2.30. The minimum atomic E-state index is 0.228. The molecule has 2 rings (SSSR count). The number of rotatable bonds is 7. The molecule has 1 heterocycles. The molecule has 0 spiro atoms. The molecule has 1 unspecified atom stereocenters. The van der Waals surface area contributed by atoms with E-state index >= 15 is 0 Å². The average molecular weight is 327 g/mol. The van der Waals surface area contributed by atoms with E-state index < -0.39 is 0 Å². The largest absolute Gasteiger partial charge is 0.356 e. The molecular formula is C19H29N5.